The van der Waals surface area contributed by atoms with Gasteiger partial charge in [-0.05, 0) is 12.1 Å². The van der Waals surface area contributed by atoms with E-state index in [2.05, 4.69) is 0 Å². The van der Waals surface area contributed by atoms with Gasteiger partial charge in [0.2, 0.25) is 0 Å². The number of carboxylic acids is 1. The van der Waals surface area contributed by atoms with Gasteiger partial charge in [-0.25, -0.2) is 0 Å². The number of hydrogen-bond donors (Lipinski definition) is 2. The summed E-state index contributed by atoms with van der Waals surface area (Å²) in [5, 5.41) is 8.57. The van der Waals surface area contributed by atoms with E-state index in [1.165, 1.54) is 0 Å². The molecule has 0 spiro atoms. The molecule has 0 saturated heterocycles. The molecule has 1 aromatic carbocycles. The summed E-state index contributed by atoms with van der Waals surface area (Å²) in [6.45, 7) is 0.244. The molecule has 0 aliphatic heterocycles. The van der Waals surface area contributed by atoms with Crippen molar-refractivity contribution in [2.75, 3.05) is 13.7 Å². The van der Waals surface area contributed by atoms with Crippen LogP contribution in [0.4, 0.5) is 0 Å². The third-order valence-electron chi connectivity index (χ3n) is 2.07. The van der Waals surface area contributed by atoms with Crippen LogP contribution in [0.15, 0.2) is 24.3 Å². The van der Waals surface area contributed by atoms with Crippen LogP contribution in [0.2, 0.25) is 0 Å². The van der Waals surface area contributed by atoms with Gasteiger partial charge in [-0.2, -0.15) is 0 Å². The van der Waals surface area contributed by atoms with E-state index in [4.69, 9.17) is 20.3 Å². The molecule has 16 heavy (non-hydrogen) atoms. The summed E-state index contributed by atoms with van der Waals surface area (Å²) >= 11 is 0. The number of aliphatic carboxylic acids is 1. The maximum absolute atomic E-state index is 10.5. The third kappa shape index (κ3) is 3.43. The summed E-state index contributed by atoms with van der Waals surface area (Å²) in [7, 11) is 1.55. The Bertz CT molecular complexity index is 354. The molecule has 0 fully saturated rings. The molecule has 5 nitrogen and oxygen atoms in total. The van der Waals surface area contributed by atoms with Crippen LogP contribution in [0.3, 0.4) is 0 Å². The predicted molar refractivity (Wildman–Crippen MR) is 58.7 cm³/mol. The number of benzene rings is 1. The largest absolute Gasteiger partial charge is 0.493 e. The Morgan fingerprint density at radius 3 is 2.62 bits per heavy atom. The van der Waals surface area contributed by atoms with Crippen molar-refractivity contribution < 1.29 is 19.4 Å². The minimum atomic E-state index is -1.02. The van der Waals surface area contributed by atoms with Gasteiger partial charge in [0.1, 0.15) is 6.04 Å². The van der Waals surface area contributed by atoms with Crippen molar-refractivity contribution in [1.82, 2.24) is 0 Å². The highest BCUT2D eigenvalue weighted by Crippen LogP contribution is 2.25. The van der Waals surface area contributed by atoms with E-state index in [9.17, 15) is 4.79 Å². The van der Waals surface area contributed by atoms with E-state index in [-0.39, 0.29) is 13.0 Å². The summed E-state index contributed by atoms with van der Waals surface area (Å²) in [6.07, 6.45) is 0.257. The summed E-state index contributed by atoms with van der Waals surface area (Å²) in [6, 6.07) is 6.27. The van der Waals surface area contributed by atoms with Gasteiger partial charge in [-0.3, -0.25) is 4.79 Å². The van der Waals surface area contributed by atoms with Crippen LogP contribution in [0.25, 0.3) is 0 Å². The van der Waals surface area contributed by atoms with Gasteiger partial charge < -0.3 is 20.3 Å². The number of carbonyl (C=O) groups is 1. The summed E-state index contributed by atoms with van der Waals surface area (Å²) in [5.41, 5.74) is 5.34. The molecule has 88 valence electrons. The monoisotopic (exact) mass is 225 g/mol. The molecule has 0 aliphatic rings. The van der Waals surface area contributed by atoms with Gasteiger partial charge in [0, 0.05) is 6.42 Å². The molecule has 0 radical (unpaired) electrons. The maximum atomic E-state index is 10.5. The second-order valence-electron chi connectivity index (χ2n) is 3.23. The highest BCUT2D eigenvalue weighted by atomic mass is 16.5. The van der Waals surface area contributed by atoms with Crippen LogP contribution in [0, 0.1) is 0 Å². The fourth-order valence-corrected chi connectivity index (χ4v) is 1.16. The number of hydrogen-bond acceptors (Lipinski definition) is 4. The highest BCUT2D eigenvalue weighted by molar-refractivity contribution is 5.72. The Kier molecular flexibility index (Phi) is 4.60. The molecule has 1 atom stereocenters. The van der Waals surface area contributed by atoms with Crippen LogP contribution in [0.1, 0.15) is 6.42 Å². The van der Waals surface area contributed by atoms with E-state index in [1.54, 1.807) is 19.2 Å². The number of rotatable bonds is 6. The standard InChI is InChI=1S/C11H15NO4/c1-15-9-4-2-3-5-10(9)16-7-6-8(12)11(13)14/h2-5,8H,6-7,12H2,1H3,(H,13,14). The van der Waals surface area contributed by atoms with Crippen LogP contribution in [0.5, 0.6) is 11.5 Å². The van der Waals surface area contributed by atoms with Gasteiger partial charge in [0.25, 0.3) is 0 Å². The third-order valence-corrected chi connectivity index (χ3v) is 2.07. The molecule has 1 rings (SSSR count). The molecule has 0 aromatic heterocycles. The van der Waals surface area contributed by atoms with Crippen molar-refractivity contribution in [3.63, 3.8) is 0 Å². The first-order valence-electron chi connectivity index (χ1n) is 4.89. The Hall–Kier alpha value is -1.75. The molecule has 0 aliphatic carbocycles. The molecule has 0 heterocycles. The first-order valence-corrected chi connectivity index (χ1v) is 4.89. The van der Waals surface area contributed by atoms with Crippen LogP contribution >= 0.6 is 0 Å². The first kappa shape index (κ1) is 12.3. The van der Waals surface area contributed by atoms with Gasteiger partial charge in [-0.1, -0.05) is 12.1 Å². The number of carboxylic acid groups (broad SMARTS) is 1. The average Bonchev–Trinajstić information content (AvgIpc) is 2.29. The lowest BCUT2D eigenvalue weighted by Crippen LogP contribution is -2.31. The van der Waals surface area contributed by atoms with Crippen LogP contribution in [-0.4, -0.2) is 30.8 Å². The number of methoxy groups -OCH3 is 1. The first-order chi connectivity index (χ1) is 7.65. The fraction of sp³-hybridized carbons (Fsp3) is 0.364. The Labute approximate surface area is 93.8 Å². The normalized spacial score (nSPS) is 11.9. The molecule has 3 N–H and O–H groups in total. The van der Waals surface area contributed by atoms with E-state index in [0.29, 0.717) is 11.5 Å². The van der Waals surface area contributed by atoms with Gasteiger partial charge in [-0.15, -0.1) is 0 Å². The van der Waals surface area contributed by atoms with Crippen molar-refractivity contribution in [2.45, 2.75) is 12.5 Å². The summed E-state index contributed by atoms with van der Waals surface area (Å²) in [5.74, 6) is 0.178. The molecule has 0 bridgehead atoms. The Balaban J connectivity index is 2.45. The average molecular weight is 225 g/mol. The minimum Gasteiger partial charge on any atom is -0.493 e. The SMILES string of the molecule is COc1ccccc1OCCC(N)C(=O)O. The van der Waals surface area contributed by atoms with Gasteiger partial charge in [0.05, 0.1) is 13.7 Å². The molecule has 1 aromatic rings. The zero-order valence-electron chi connectivity index (χ0n) is 9.05. The number of nitrogens with two attached hydrogens (primary N) is 1. The van der Waals surface area contributed by atoms with Crippen molar-refractivity contribution in [1.29, 1.82) is 0 Å². The lowest BCUT2D eigenvalue weighted by molar-refractivity contribution is -0.138. The predicted octanol–water partition coefficient (Wildman–Crippen LogP) is 0.876. The molecule has 5 heteroatoms. The molecular weight excluding hydrogens is 210 g/mol. The quantitative estimate of drug-likeness (QED) is 0.750. The number of para-hydroxylation sites is 2. The molecule has 0 amide bonds. The zero-order chi connectivity index (χ0) is 12.0. The van der Waals surface area contributed by atoms with Crippen molar-refractivity contribution in [3.8, 4) is 11.5 Å². The van der Waals surface area contributed by atoms with E-state index in [0.717, 1.165) is 0 Å². The Morgan fingerprint density at radius 1 is 1.44 bits per heavy atom. The smallest absolute Gasteiger partial charge is 0.320 e. The minimum absolute atomic E-state index is 0.244. The van der Waals surface area contributed by atoms with Crippen molar-refractivity contribution in [3.05, 3.63) is 24.3 Å². The topological polar surface area (TPSA) is 81.8 Å². The lowest BCUT2D eigenvalue weighted by Gasteiger charge is -2.11. The van der Waals surface area contributed by atoms with Gasteiger partial charge in [0.15, 0.2) is 11.5 Å². The molecule has 0 saturated carbocycles. The van der Waals surface area contributed by atoms with Crippen LogP contribution < -0.4 is 15.2 Å². The molecular formula is C11H15NO4. The number of ether oxygens (including phenoxy) is 2. The maximum Gasteiger partial charge on any atom is 0.320 e. The molecule has 1 unspecified atom stereocenters. The van der Waals surface area contributed by atoms with Crippen molar-refractivity contribution in [2.24, 2.45) is 5.73 Å². The van der Waals surface area contributed by atoms with Gasteiger partial charge >= 0.3 is 5.97 Å². The van der Waals surface area contributed by atoms with E-state index in [1.807, 2.05) is 12.1 Å². The zero-order valence-corrected chi connectivity index (χ0v) is 9.05. The second-order valence-corrected chi connectivity index (χ2v) is 3.23. The summed E-state index contributed by atoms with van der Waals surface area (Å²) < 4.78 is 10.5. The fourth-order valence-electron chi connectivity index (χ4n) is 1.16. The van der Waals surface area contributed by atoms with Crippen LogP contribution in [-0.2, 0) is 4.79 Å². The van der Waals surface area contributed by atoms with E-state index < -0.39 is 12.0 Å². The highest BCUT2D eigenvalue weighted by Gasteiger charge is 2.11. The van der Waals surface area contributed by atoms with E-state index >= 15 is 0 Å². The lowest BCUT2D eigenvalue weighted by atomic mass is 10.2. The van der Waals surface area contributed by atoms with Crippen molar-refractivity contribution >= 4 is 5.97 Å². The summed E-state index contributed by atoms with van der Waals surface area (Å²) in [4.78, 5) is 10.5. The second kappa shape index (κ2) is 5.97. The Morgan fingerprint density at radius 2 is 2.06 bits per heavy atom.